The summed E-state index contributed by atoms with van der Waals surface area (Å²) in [4.78, 5) is 18.1. The number of alkyl halides is 3. The Kier molecular flexibility index (Phi) is 3.69. The second kappa shape index (κ2) is 5.28. The third kappa shape index (κ3) is 3.31. The molecule has 2 rings (SSSR count). The fourth-order valence-corrected chi connectivity index (χ4v) is 1.43. The molecule has 0 saturated carbocycles. The summed E-state index contributed by atoms with van der Waals surface area (Å²) in [6.45, 7) is 1.37. The van der Waals surface area contributed by atoms with Crippen LogP contribution in [0.1, 0.15) is 23.0 Å². The van der Waals surface area contributed by atoms with Crippen molar-refractivity contribution in [3.8, 4) is 11.8 Å². The number of benzene rings is 1. The van der Waals surface area contributed by atoms with Crippen LogP contribution >= 0.6 is 0 Å². The van der Waals surface area contributed by atoms with Crippen molar-refractivity contribution < 1.29 is 22.7 Å². The number of hydrogen-bond donors (Lipinski definition) is 0. The minimum absolute atomic E-state index is 0.180. The molecule has 7 heteroatoms. The van der Waals surface area contributed by atoms with Gasteiger partial charge in [-0.15, -0.1) is 0 Å². The van der Waals surface area contributed by atoms with Gasteiger partial charge < -0.3 is 4.74 Å². The molecule has 0 unspecified atom stereocenters. The molecule has 0 saturated heterocycles. The number of carbonyl (C=O) groups is 1. The number of ether oxygens (including phenoxy) is 1. The molecule has 0 aliphatic carbocycles. The van der Waals surface area contributed by atoms with Crippen LogP contribution in [0.4, 0.5) is 13.2 Å². The number of Topliss-reactive ketones (excluding diaryl/α,β-unsaturated/α-hetero) is 1. The first-order chi connectivity index (χ1) is 9.36. The van der Waals surface area contributed by atoms with E-state index in [1.165, 1.54) is 19.1 Å². The lowest BCUT2D eigenvalue weighted by molar-refractivity contribution is -0.141. The first kappa shape index (κ1) is 14.0. The van der Waals surface area contributed by atoms with Crippen LogP contribution in [0.15, 0.2) is 36.5 Å². The van der Waals surface area contributed by atoms with Crippen molar-refractivity contribution >= 4 is 5.78 Å². The lowest BCUT2D eigenvalue weighted by Crippen LogP contribution is -2.08. The molecule has 0 N–H and O–H groups in total. The van der Waals surface area contributed by atoms with E-state index < -0.39 is 17.9 Å². The van der Waals surface area contributed by atoms with Gasteiger partial charge in [-0.1, -0.05) is 12.1 Å². The molecule has 0 aliphatic rings. The van der Waals surface area contributed by atoms with Gasteiger partial charge >= 0.3 is 12.2 Å². The SMILES string of the molecule is CC(=O)c1cccc(Oc2nccc(C(F)(F)F)n2)c1. The third-order valence-electron chi connectivity index (χ3n) is 2.37. The number of carbonyl (C=O) groups excluding carboxylic acids is 1. The number of nitrogens with zero attached hydrogens (tertiary/aromatic N) is 2. The summed E-state index contributed by atoms with van der Waals surface area (Å²) in [6.07, 6.45) is -3.61. The molecule has 104 valence electrons. The first-order valence-electron chi connectivity index (χ1n) is 5.55. The Morgan fingerprint density at radius 2 is 2.00 bits per heavy atom. The number of ketones is 1. The molecular formula is C13H9F3N2O2. The molecule has 2 aromatic rings. The van der Waals surface area contributed by atoms with Crippen LogP contribution < -0.4 is 4.74 Å². The molecule has 1 aromatic heterocycles. The predicted molar refractivity (Wildman–Crippen MR) is 63.6 cm³/mol. The van der Waals surface area contributed by atoms with Crippen LogP contribution in [0.5, 0.6) is 11.8 Å². The smallest absolute Gasteiger partial charge is 0.424 e. The Labute approximate surface area is 112 Å². The summed E-state index contributed by atoms with van der Waals surface area (Å²) >= 11 is 0. The second-order valence-corrected chi connectivity index (χ2v) is 3.91. The number of aromatic nitrogens is 2. The van der Waals surface area contributed by atoms with E-state index in [1.807, 2.05) is 0 Å². The number of hydrogen-bond acceptors (Lipinski definition) is 4. The fraction of sp³-hybridized carbons (Fsp3) is 0.154. The Morgan fingerprint density at radius 1 is 1.25 bits per heavy atom. The van der Waals surface area contributed by atoms with Crippen LogP contribution in [0.25, 0.3) is 0 Å². The van der Waals surface area contributed by atoms with Gasteiger partial charge in [0, 0.05) is 11.8 Å². The summed E-state index contributed by atoms with van der Waals surface area (Å²) in [5.41, 5.74) is -0.709. The normalized spacial score (nSPS) is 11.2. The molecule has 0 fully saturated rings. The van der Waals surface area contributed by atoms with E-state index >= 15 is 0 Å². The summed E-state index contributed by atoms with van der Waals surface area (Å²) < 4.78 is 42.6. The molecule has 0 amide bonds. The maximum Gasteiger partial charge on any atom is 0.433 e. The van der Waals surface area contributed by atoms with Crippen LogP contribution in [0.2, 0.25) is 0 Å². The Morgan fingerprint density at radius 3 is 2.65 bits per heavy atom. The zero-order valence-electron chi connectivity index (χ0n) is 10.3. The van der Waals surface area contributed by atoms with Gasteiger partial charge in [-0.3, -0.25) is 4.79 Å². The molecule has 20 heavy (non-hydrogen) atoms. The average Bonchev–Trinajstić information content (AvgIpc) is 2.38. The molecule has 0 spiro atoms. The quantitative estimate of drug-likeness (QED) is 0.809. The van der Waals surface area contributed by atoms with Crippen LogP contribution in [-0.4, -0.2) is 15.8 Å². The van der Waals surface area contributed by atoms with Gasteiger partial charge in [-0.2, -0.15) is 18.2 Å². The highest BCUT2D eigenvalue weighted by Crippen LogP contribution is 2.28. The zero-order valence-corrected chi connectivity index (χ0v) is 10.3. The maximum atomic E-state index is 12.5. The van der Waals surface area contributed by atoms with Crippen molar-refractivity contribution in [2.45, 2.75) is 13.1 Å². The van der Waals surface area contributed by atoms with Crippen LogP contribution in [0.3, 0.4) is 0 Å². The van der Waals surface area contributed by atoms with Gasteiger partial charge in [0.2, 0.25) is 0 Å². The van der Waals surface area contributed by atoms with E-state index in [1.54, 1.807) is 12.1 Å². The minimum atomic E-state index is -4.57. The van der Waals surface area contributed by atoms with Crippen LogP contribution in [0, 0.1) is 0 Å². The van der Waals surface area contributed by atoms with Crippen molar-refractivity contribution in [3.05, 3.63) is 47.8 Å². The molecule has 1 aromatic carbocycles. The molecule has 0 bridgehead atoms. The van der Waals surface area contributed by atoms with Gasteiger partial charge in [-0.25, -0.2) is 4.98 Å². The number of rotatable bonds is 3. The summed E-state index contributed by atoms with van der Waals surface area (Å²) in [5, 5.41) is 0. The lowest BCUT2D eigenvalue weighted by Gasteiger charge is -2.08. The van der Waals surface area contributed by atoms with Gasteiger partial charge in [0.25, 0.3) is 0 Å². The largest absolute Gasteiger partial charge is 0.433 e. The minimum Gasteiger partial charge on any atom is -0.424 e. The topological polar surface area (TPSA) is 52.1 Å². The first-order valence-corrected chi connectivity index (χ1v) is 5.55. The van der Waals surface area contributed by atoms with Crippen molar-refractivity contribution in [2.75, 3.05) is 0 Å². The maximum absolute atomic E-state index is 12.5. The van der Waals surface area contributed by atoms with E-state index in [0.717, 1.165) is 12.3 Å². The molecule has 4 nitrogen and oxygen atoms in total. The molecule has 0 radical (unpaired) electrons. The van der Waals surface area contributed by atoms with Crippen molar-refractivity contribution in [2.24, 2.45) is 0 Å². The van der Waals surface area contributed by atoms with E-state index in [0.29, 0.717) is 5.56 Å². The summed E-state index contributed by atoms with van der Waals surface area (Å²) in [5.74, 6) is 0.0115. The van der Waals surface area contributed by atoms with E-state index in [9.17, 15) is 18.0 Å². The average molecular weight is 282 g/mol. The van der Waals surface area contributed by atoms with E-state index in [4.69, 9.17) is 4.74 Å². The van der Waals surface area contributed by atoms with E-state index in [2.05, 4.69) is 9.97 Å². The highest BCUT2D eigenvalue weighted by Gasteiger charge is 2.33. The lowest BCUT2D eigenvalue weighted by atomic mass is 10.1. The third-order valence-corrected chi connectivity index (χ3v) is 2.37. The fourth-order valence-electron chi connectivity index (χ4n) is 1.43. The van der Waals surface area contributed by atoms with Gasteiger partial charge in [0.05, 0.1) is 0 Å². The highest BCUT2D eigenvalue weighted by atomic mass is 19.4. The van der Waals surface area contributed by atoms with Gasteiger partial charge in [0.15, 0.2) is 11.5 Å². The Balaban J connectivity index is 2.26. The van der Waals surface area contributed by atoms with Gasteiger partial charge in [-0.05, 0) is 25.1 Å². The van der Waals surface area contributed by atoms with Crippen molar-refractivity contribution in [1.29, 1.82) is 0 Å². The summed E-state index contributed by atoms with van der Waals surface area (Å²) in [7, 11) is 0. The van der Waals surface area contributed by atoms with Crippen molar-refractivity contribution in [3.63, 3.8) is 0 Å². The Hall–Kier alpha value is -2.44. The van der Waals surface area contributed by atoms with Gasteiger partial charge in [0.1, 0.15) is 5.75 Å². The zero-order chi connectivity index (χ0) is 14.8. The molecular weight excluding hydrogens is 273 g/mol. The molecule has 0 aliphatic heterocycles. The van der Waals surface area contributed by atoms with Crippen molar-refractivity contribution in [1.82, 2.24) is 9.97 Å². The van der Waals surface area contributed by atoms with E-state index in [-0.39, 0.29) is 11.5 Å². The number of halogens is 3. The summed E-state index contributed by atoms with van der Waals surface area (Å²) in [6, 6.07) is 6.35. The van der Waals surface area contributed by atoms with Crippen LogP contribution in [-0.2, 0) is 6.18 Å². The Bertz CT molecular complexity index is 642. The monoisotopic (exact) mass is 282 g/mol. The highest BCUT2D eigenvalue weighted by molar-refractivity contribution is 5.94. The second-order valence-electron chi connectivity index (χ2n) is 3.91. The predicted octanol–water partition coefficient (Wildman–Crippen LogP) is 3.49. The standard InChI is InChI=1S/C13H9F3N2O2/c1-8(19)9-3-2-4-10(7-9)20-12-17-6-5-11(18-12)13(14,15)16/h2-7H,1H3. The molecule has 1 heterocycles. The molecule has 0 atom stereocenters.